The van der Waals surface area contributed by atoms with Gasteiger partial charge in [0.25, 0.3) is 0 Å². The second-order valence-electron chi connectivity index (χ2n) is 6.19. The first-order chi connectivity index (χ1) is 10.3. The molecule has 0 aromatic rings. The maximum Gasteiger partial charge on any atom is 0.234 e. The normalized spacial score (nSPS) is 11.9. The van der Waals surface area contributed by atoms with Crippen LogP contribution in [0.5, 0.6) is 0 Å². The Labute approximate surface area is 136 Å². The van der Waals surface area contributed by atoms with Gasteiger partial charge >= 0.3 is 0 Å². The first-order valence-electron chi connectivity index (χ1n) is 8.17. The van der Waals surface area contributed by atoms with Crippen molar-refractivity contribution in [1.82, 2.24) is 15.1 Å². The third-order valence-electron chi connectivity index (χ3n) is 3.39. The van der Waals surface area contributed by atoms with Crippen LogP contribution >= 0.6 is 0 Å². The molecule has 0 aliphatic heterocycles. The average molecular weight is 317 g/mol. The van der Waals surface area contributed by atoms with Gasteiger partial charge in [0.2, 0.25) is 5.91 Å². The van der Waals surface area contributed by atoms with Gasteiger partial charge in [0.15, 0.2) is 0 Å². The monoisotopic (exact) mass is 317 g/mol. The Bertz CT molecular complexity index is 286. The SMILES string of the molecule is CC(C)OCCOCCN(C)CCNC(=O)CN(C)C(C)C. The molecule has 0 radical (unpaired) electrons. The van der Waals surface area contributed by atoms with Gasteiger partial charge in [-0.05, 0) is 41.8 Å². The van der Waals surface area contributed by atoms with Crippen LogP contribution < -0.4 is 5.32 Å². The molecule has 0 heterocycles. The van der Waals surface area contributed by atoms with Crippen LogP contribution in [0.4, 0.5) is 0 Å². The van der Waals surface area contributed by atoms with Gasteiger partial charge in [-0.15, -0.1) is 0 Å². The molecule has 0 fully saturated rings. The summed E-state index contributed by atoms with van der Waals surface area (Å²) in [6.07, 6.45) is 0.254. The number of amides is 1. The maximum atomic E-state index is 11.7. The van der Waals surface area contributed by atoms with Crippen LogP contribution in [0.2, 0.25) is 0 Å². The molecule has 0 aromatic heterocycles. The molecule has 0 saturated heterocycles. The number of rotatable bonds is 13. The maximum absolute atomic E-state index is 11.7. The number of nitrogens with one attached hydrogen (secondary N) is 1. The van der Waals surface area contributed by atoms with Gasteiger partial charge in [0.05, 0.1) is 32.5 Å². The van der Waals surface area contributed by atoms with Crippen LogP contribution in [-0.4, -0.2) is 87.9 Å². The van der Waals surface area contributed by atoms with E-state index in [1.807, 2.05) is 32.8 Å². The molecule has 0 bridgehead atoms. The summed E-state index contributed by atoms with van der Waals surface area (Å²) < 4.78 is 10.9. The Morgan fingerprint density at radius 1 is 1.05 bits per heavy atom. The van der Waals surface area contributed by atoms with Gasteiger partial charge in [0, 0.05) is 25.7 Å². The fourth-order valence-corrected chi connectivity index (χ4v) is 1.63. The molecule has 0 saturated carbocycles. The molecule has 0 rings (SSSR count). The van der Waals surface area contributed by atoms with E-state index in [4.69, 9.17) is 9.47 Å². The van der Waals surface area contributed by atoms with Crippen molar-refractivity contribution in [3.63, 3.8) is 0 Å². The predicted molar refractivity (Wildman–Crippen MR) is 90.2 cm³/mol. The predicted octanol–water partition coefficient (Wildman–Crippen LogP) is 0.816. The lowest BCUT2D eigenvalue weighted by atomic mass is 10.3. The lowest BCUT2D eigenvalue weighted by Crippen LogP contribution is -2.41. The molecule has 0 atom stereocenters. The lowest BCUT2D eigenvalue weighted by Gasteiger charge is -2.21. The Kier molecular flexibility index (Phi) is 12.4. The minimum atomic E-state index is 0.0756. The fourth-order valence-electron chi connectivity index (χ4n) is 1.63. The lowest BCUT2D eigenvalue weighted by molar-refractivity contribution is -0.122. The van der Waals surface area contributed by atoms with E-state index in [2.05, 4.69) is 24.1 Å². The number of hydrogen-bond donors (Lipinski definition) is 1. The van der Waals surface area contributed by atoms with E-state index in [9.17, 15) is 4.79 Å². The first-order valence-corrected chi connectivity index (χ1v) is 8.17. The minimum Gasteiger partial charge on any atom is -0.378 e. The first kappa shape index (κ1) is 21.3. The molecule has 0 spiro atoms. The molecule has 0 aliphatic carbocycles. The molecule has 0 aliphatic rings. The highest BCUT2D eigenvalue weighted by Gasteiger charge is 2.08. The Morgan fingerprint density at radius 2 is 1.73 bits per heavy atom. The second-order valence-corrected chi connectivity index (χ2v) is 6.19. The van der Waals surface area contributed by atoms with Crippen molar-refractivity contribution in [3.05, 3.63) is 0 Å². The zero-order valence-corrected chi connectivity index (χ0v) is 15.2. The van der Waals surface area contributed by atoms with E-state index in [-0.39, 0.29) is 12.0 Å². The molecule has 6 heteroatoms. The number of carbonyl (C=O) groups excluding carboxylic acids is 1. The number of hydrogen-bond acceptors (Lipinski definition) is 5. The molecule has 6 nitrogen and oxygen atoms in total. The van der Waals surface area contributed by atoms with E-state index in [1.54, 1.807) is 0 Å². The fraction of sp³-hybridized carbons (Fsp3) is 0.938. The van der Waals surface area contributed by atoms with E-state index < -0.39 is 0 Å². The number of ether oxygens (including phenoxy) is 2. The van der Waals surface area contributed by atoms with Crippen LogP contribution in [0.1, 0.15) is 27.7 Å². The molecule has 22 heavy (non-hydrogen) atoms. The average Bonchev–Trinajstić information content (AvgIpc) is 2.42. The van der Waals surface area contributed by atoms with Crippen molar-refractivity contribution in [1.29, 1.82) is 0 Å². The minimum absolute atomic E-state index is 0.0756. The largest absolute Gasteiger partial charge is 0.378 e. The number of nitrogens with zero attached hydrogens (tertiary/aromatic N) is 2. The van der Waals surface area contributed by atoms with Crippen molar-refractivity contribution in [2.24, 2.45) is 0 Å². The Balaban J connectivity index is 3.49. The summed E-state index contributed by atoms with van der Waals surface area (Å²) >= 11 is 0. The summed E-state index contributed by atoms with van der Waals surface area (Å²) in [6.45, 7) is 12.9. The highest BCUT2D eigenvalue weighted by molar-refractivity contribution is 5.77. The Morgan fingerprint density at radius 3 is 2.32 bits per heavy atom. The Hall–Kier alpha value is -0.690. The molecular weight excluding hydrogens is 282 g/mol. The van der Waals surface area contributed by atoms with E-state index in [0.29, 0.717) is 39.0 Å². The molecule has 0 aromatic carbocycles. The molecule has 1 amide bonds. The van der Waals surface area contributed by atoms with Crippen LogP contribution in [0.15, 0.2) is 0 Å². The van der Waals surface area contributed by atoms with E-state index >= 15 is 0 Å². The van der Waals surface area contributed by atoms with Crippen molar-refractivity contribution in [2.75, 3.05) is 60.1 Å². The smallest absolute Gasteiger partial charge is 0.234 e. The van der Waals surface area contributed by atoms with E-state index in [1.165, 1.54) is 0 Å². The summed E-state index contributed by atoms with van der Waals surface area (Å²) in [5.41, 5.74) is 0. The topological polar surface area (TPSA) is 54.0 Å². The van der Waals surface area contributed by atoms with Crippen LogP contribution in [-0.2, 0) is 14.3 Å². The summed E-state index contributed by atoms with van der Waals surface area (Å²) in [4.78, 5) is 15.9. The van der Waals surface area contributed by atoms with Gasteiger partial charge in [-0.1, -0.05) is 0 Å². The summed E-state index contributed by atoms with van der Waals surface area (Å²) in [6, 6.07) is 0.380. The highest BCUT2D eigenvalue weighted by Crippen LogP contribution is 1.92. The van der Waals surface area contributed by atoms with Crippen molar-refractivity contribution < 1.29 is 14.3 Å². The van der Waals surface area contributed by atoms with E-state index in [0.717, 1.165) is 13.1 Å². The summed E-state index contributed by atoms with van der Waals surface area (Å²) in [5, 5.41) is 2.94. The van der Waals surface area contributed by atoms with Crippen LogP contribution in [0.3, 0.4) is 0 Å². The molecular formula is C16H35N3O3. The summed E-state index contributed by atoms with van der Waals surface area (Å²) in [5.74, 6) is 0.0756. The third-order valence-corrected chi connectivity index (χ3v) is 3.39. The zero-order valence-electron chi connectivity index (χ0n) is 15.2. The van der Waals surface area contributed by atoms with Gasteiger partial charge in [-0.3, -0.25) is 9.69 Å². The molecule has 132 valence electrons. The highest BCUT2D eigenvalue weighted by atomic mass is 16.5. The molecule has 1 N–H and O–H groups in total. The second kappa shape index (κ2) is 12.8. The van der Waals surface area contributed by atoms with Gasteiger partial charge in [0.1, 0.15) is 0 Å². The zero-order chi connectivity index (χ0) is 17.0. The van der Waals surface area contributed by atoms with Gasteiger partial charge < -0.3 is 19.7 Å². The van der Waals surface area contributed by atoms with Gasteiger partial charge in [-0.2, -0.15) is 0 Å². The molecule has 0 unspecified atom stereocenters. The van der Waals surface area contributed by atoms with Crippen LogP contribution in [0, 0.1) is 0 Å². The summed E-state index contributed by atoms with van der Waals surface area (Å²) in [7, 11) is 3.98. The number of likely N-dealkylation sites (N-methyl/N-ethyl adjacent to an activating group) is 2. The van der Waals surface area contributed by atoms with Crippen molar-refractivity contribution >= 4 is 5.91 Å². The van der Waals surface area contributed by atoms with Crippen LogP contribution in [0.25, 0.3) is 0 Å². The van der Waals surface area contributed by atoms with Gasteiger partial charge in [-0.25, -0.2) is 0 Å². The quantitative estimate of drug-likeness (QED) is 0.510. The van der Waals surface area contributed by atoms with Crippen molar-refractivity contribution in [3.8, 4) is 0 Å². The third kappa shape index (κ3) is 13.0. The number of carbonyl (C=O) groups is 1. The standard InChI is InChI=1S/C16H35N3O3/c1-14(2)19(6)13-16(20)17-7-8-18(5)9-10-21-11-12-22-15(3)4/h14-15H,7-13H2,1-6H3,(H,17,20). The van der Waals surface area contributed by atoms with Crippen molar-refractivity contribution in [2.45, 2.75) is 39.8 Å².